The highest BCUT2D eigenvalue weighted by Gasteiger charge is 2.27. The number of hydrogen-bond donors (Lipinski definition) is 2. The van der Waals surface area contributed by atoms with Gasteiger partial charge in [0, 0.05) is 44.6 Å². The second-order valence-corrected chi connectivity index (χ2v) is 6.55. The van der Waals surface area contributed by atoms with Gasteiger partial charge in [0.15, 0.2) is 11.6 Å². The standard InChI is InChI=1S/C18H24F2N4O/c19-15-3-2-14(10-16(15)20)11-24-8-4-17(18(25)12-24)22-5-1-7-23-9-6-21-13-23/h2-3,6,9-10,13,17-18,22,25H,1,4-5,7-8,11-12H2/t17-,18-/m1/s1. The molecule has 1 aliphatic rings. The number of aliphatic hydroxyl groups excluding tert-OH is 1. The van der Waals surface area contributed by atoms with Crippen LogP contribution in [0.5, 0.6) is 0 Å². The van der Waals surface area contributed by atoms with E-state index in [2.05, 4.69) is 15.2 Å². The van der Waals surface area contributed by atoms with Crippen molar-refractivity contribution >= 4 is 0 Å². The molecule has 2 N–H and O–H groups in total. The molecular weight excluding hydrogens is 326 g/mol. The van der Waals surface area contributed by atoms with Crippen LogP contribution < -0.4 is 5.32 Å². The molecule has 1 aromatic carbocycles. The topological polar surface area (TPSA) is 53.3 Å². The molecule has 1 aliphatic heterocycles. The van der Waals surface area contributed by atoms with Gasteiger partial charge < -0.3 is 15.0 Å². The van der Waals surface area contributed by atoms with E-state index >= 15 is 0 Å². The zero-order valence-electron chi connectivity index (χ0n) is 14.1. The normalized spacial score (nSPS) is 21.6. The molecule has 0 radical (unpaired) electrons. The maximum Gasteiger partial charge on any atom is 0.159 e. The number of benzene rings is 1. The number of halogens is 2. The Kier molecular flexibility index (Phi) is 6.12. The van der Waals surface area contributed by atoms with E-state index < -0.39 is 17.7 Å². The fraction of sp³-hybridized carbons (Fsp3) is 0.500. The highest BCUT2D eigenvalue weighted by atomic mass is 19.2. The molecule has 2 aromatic rings. The summed E-state index contributed by atoms with van der Waals surface area (Å²) in [5.41, 5.74) is 0.720. The lowest BCUT2D eigenvalue weighted by Crippen LogP contribution is -2.52. The van der Waals surface area contributed by atoms with Crippen molar-refractivity contribution in [2.75, 3.05) is 19.6 Å². The maximum atomic E-state index is 13.3. The van der Waals surface area contributed by atoms with Gasteiger partial charge in [-0.25, -0.2) is 13.8 Å². The summed E-state index contributed by atoms with van der Waals surface area (Å²) in [5, 5.41) is 13.8. The van der Waals surface area contributed by atoms with Crippen LogP contribution in [-0.4, -0.2) is 51.3 Å². The first-order valence-electron chi connectivity index (χ1n) is 8.65. The molecule has 1 aromatic heterocycles. The van der Waals surface area contributed by atoms with E-state index in [1.807, 2.05) is 10.8 Å². The number of aromatic nitrogens is 2. The zero-order chi connectivity index (χ0) is 17.6. The summed E-state index contributed by atoms with van der Waals surface area (Å²) >= 11 is 0. The van der Waals surface area contributed by atoms with Crippen LogP contribution in [0.25, 0.3) is 0 Å². The Labute approximate surface area is 146 Å². The van der Waals surface area contributed by atoms with Crippen molar-refractivity contribution < 1.29 is 13.9 Å². The average molecular weight is 350 g/mol. The molecule has 2 atom stereocenters. The van der Waals surface area contributed by atoms with Gasteiger partial charge in [0.1, 0.15) is 0 Å². The Morgan fingerprint density at radius 2 is 2.16 bits per heavy atom. The molecule has 7 heteroatoms. The Morgan fingerprint density at radius 1 is 1.28 bits per heavy atom. The molecule has 0 saturated carbocycles. The van der Waals surface area contributed by atoms with Gasteiger partial charge in [0.25, 0.3) is 0 Å². The first-order valence-corrected chi connectivity index (χ1v) is 8.65. The first-order chi connectivity index (χ1) is 12.1. The third-order valence-electron chi connectivity index (χ3n) is 4.62. The van der Waals surface area contributed by atoms with Crippen LogP contribution >= 0.6 is 0 Å². The maximum absolute atomic E-state index is 13.3. The van der Waals surface area contributed by atoms with E-state index in [1.54, 1.807) is 18.6 Å². The van der Waals surface area contributed by atoms with Gasteiger partial charge in [-0.15, -0.1) is 0 Å². The lowest BCUT2D eigenvalue weighted by molar-refractivity contribution is 0.0370. The molecule has 1 saturated heterocycles. The number of nitrogens with one attached hydrogen (secondary N) is 1. The van der Waals surface area contributed by atoms with Crippen molar-refractivity contribution in [1.29, 1.82) is 0 Å². The van der Waals surface area contributed by atoms with Crippen molar-refractivity contribution in [1.82, 2.24) is 19.8 Å². The number of aliphatic hydroxyl groups is 1. The number of likely N-dealkylation sites (tertiary alicyclic amines) is 1. The quantitative estimate of drug-likeness (QED) is 0.748. The van der Waals surface area contributed by atoms with Crippen molar-refractivity contribution in [2.45, 2.75) is 38.1 Å². The number of imidazole rings is 1. The summed E-state index contributed by atoms with van der Waals surface area (Å²) in [6.07, 6.45) is 6.83. The molecule has 0 amide bonds. The van der Waals surface area contributed by atoms with Crippen molar-refractivity contribution in [2.24, 2.45) is 0 Å². The summed E-state index contributed by atoms with van der Waals surface area (Å²) < 4.78 is 28.3. The SMILES string of the molecule is O[C@@H]1CN(Cc2ccc(F)c(F)c2)CC[C@H]1NCCCn1ccnc1. The minimum Gasteiger partial charge on any atom is -0.390 e. The molecular formula is C18H24F2N4O. The van der Waals surface area contributed by atoms with Gasteiger partial charge in [-0.3, -0.25) is 4.90 Å². The van der Waals surface area contributed by atoms with E-state index in [0.29, 0.717) is 13.1 Å². The molecule has 0 unspecified atom stereocenters. The number of hydrogen-bond acceptors (Lipinski definition) is 4. The molecule has 1 fully saturated rings. The van der Waals surface area contributed by atoms with Gasteiger partial charge in [-0.2, -0.15) is 0 Å². The Morgan fingerprint density at radius 3 is 2.88 bits per heavy atom. The highest BCUT2D eigenvalue weighted by Crippen LogP contribution is 2.16. The summed E-state index contributed by atoms with van der Waals surface area (Å²) in [4.78, 5) is 6.08. The second-order valence-electron chi connectivity index (χ2n) is 6.55. The molecule has 0 bridgehead atoms. The molecule has 0 aliphatic carbocycles. The number of piperidine rings is 1. The van der Waals surface area contributed by atoms with Crippen LogP contribution in [0.4, 0.5) is 8.78 Å². The largest absolute Gasteiger partial charge is 0.390 e. The average Bonchev–Trinajstić information content (AvgIpc) is 3.10. The molecule has 5 nitrogen and oxygen atoms in total. The number of aryl methyl sites for hydroxylation is 1. The molecule has 136 valence electrons. The smallest absolute Gasteiger partial charge is 0.159 e. The Bertz CT molecular complexity index is 665. The van der Waals surface area contributed by atoms with Crippen LogP contribution in [0.15, 0.2) is 36.9 Å². The van der Waals surface area contributed by atoms with Crippen molar-refractivity contribution in [3.63, 3.8) is 0 Å². The highest BCUT2D eigenvalue weighted by molar-refractivity contribution is 5.17. The molecule has 3 rings (SSSR count). The minimum atomic E-state index is -0.831. The second kappa shape index (κ2) is 8.51. The van der Waals surface area contributed by atoms with Crippen LogP contribution in [0.2, 0.25) is 0 Å². The third kappa shape index (κ3) is 5.07. The number of β-amino-alcohol motifs (C(OH)–C–C–N with tert-alkyl or cyclic N) is 1. The minimum absolute atomic E-state index is 0.0731. The van der Waals surface area contributed by atoms with E-state index in [0.717, 1.165) is 44.1 Å². The fourth-order valence-corrected chi connectivity index (χ4v) is 3.24. The van der Waals surface area contributed by atoms with Gasteiger partial charge in [-0.05, 0) is 37.1 Å². The Balaban J connectivity index is 1.40. The van der Waals surface area contributed by atoms with Crippen LogP contribution in [0, 0.1) is 11.6 Å². The lowest BCUT2D eigenvalue weighted by atomic mass is 10.0. The zero-order valence-corrected chi connectivity index (χ0v) is 14.1. The summed E-state index contributed by atoms with van der Waals surface area (Å²) in [7, 11) is 0. The van der Waals surface area contributed by atoms with E-state index in [-0.39, 0.29) is 6.04 Å². The third-order valence-corrected chi connectivity index (χ3v) is 4.62. The van der Waals surface area contributed by atoms with Crippen LogP contribution in [0.1, 0.15) is 18.4 Å². The van der Waals surface area contributed by atoms with Crippen molar-refractivity contribution in [3.8, 4) is 0 Å². The predicted molar refractivity (Wildman–Crippen MR) is 90.9 cm³/mol. The lowest BCUT2D eigenvalue weighted by Gasteiger charge is -2.36. The predicted octanol–water partition coefficient (Wildman–Crippen LogP) is 1.78. The van der Waals surface area contributed by atoms with E-state index in [9.17, 15) is 13.9 Å². The monoisotopic (exact) mass is 350 g/mol. The Hall–Kier alpha value is -1.83. The number of rotatable bonds is 7. The van der Waals surface area contributed by atoms with E-state index in [1.165, 1.54) is 6.07 Å². The van der Waals surface area contributed by atoms with Gasteiger partial charge in [0.2, 0.25) is 0 Å². The van der Waals surface area contributed by atoms with Crippen molar-refractivity contribution in [3.05, 3.63) is 54.1 Å². The summed E-state index contributed by atoms with van der Waals surface area (Å²) in [6, 6.07) is 4.03. The summed E-state index contributed by atoms with van der Waals surface area (Å²) in [6.45, 7) is 3.59. The first kappa shape index (κ1) is 18.0. The molecule has 25 heavy (non-hydrogen) atoms. The number of nitrogens with zero attached hydrogens (tertiary/aromatic N) is 3. The van der Waals surface area contributed by atoms with Gasteiger partial charge in [-0.1, -0.05) is 6.07 Å². The van der Waals surface area contributed by atoms with E-state index in [4.69, 9.17) is 0 Å². The summed E-state index contributed by atoms with van der Waals surface area (Å²) in [5.74, 6) is -1.66. The van der Waals surface area contributed by atoms with Crippen LogP contribution in [-0.2, 0) is 13.1 Å². The molecule has 0 spiro atoms. The molecule has 2 heterocycles. The van der Waals surface area contributed by atoms with Gasteiger partial charge >= 0.3 is 0 Å². The fourth-order valence-electron chi connectivity index (χ4n) is 3.24. The van der Waals surface area contributed by atoms with Crippen LogP contribution in [0.3, 0.4) is 0 Å². The van der Waals surface area contributed by atoms with Gasteiger partial charge in [0.05, 0.1) is 12.4 Å².